The number of benzene rings is 2. The number of nitrogens with zero attached hydrogens (tertiary/aromatic N) is 2. The molecule has 0 spiro atoms. The van der Waals surface area contributed by atoms with Gasteiger partial charge in [0.2, 0.25) is 5.95 Å². The van der Waals surface area contributed by atoms with Crippen molar-refractivity contribution in [1.29, 1.82) is 0 Å². The van der Waals surface area contributed by atoms with Crippen molar-refractivity contribution in [2.45, 2.75) is 34.6 Å². The molecule has 1 heterocycles. The maximum atomic E-state index is 12.7. The average Bonchev–Trinajstić information content (AvgIpc) is 2.61. The first-order chi connectivity index (χ1) is 12.8. The fourth-order valence-electron chi connectivity index (χ4n) is 2.92. The van der Waals surface area contributed by atoms with E-state index >= 15 is 0 Å². The van der Waals surface area contributed by atoms with Gasteiger partial charge in [-0.1, -0.05) is 30.3 Å². The van der Waals surface area contributed by atoms with Crippen LogP contribution in [0.25, 0.3) is 0 Å². The Morgan fingerprint density at radius 3 is 2.26 bits per heavy atom. The van der Waals surface area contributed by atoms with Crippen LogP contribution in [0.5, 0.6) is 0 Å². The fourth-order valence-corrected chi connectivity index (χ4v) is 2.92. The van der Waals surface area contributed by atoms with Crippen LogP contribution in [-0.4, -0.2) is 15.9 Å². The molecule has 1 aromatic heterocycles. The van der Waals surface area contributed by atoms with Crippen molar-refractivity contribution in [3.63, 3.8) is 0 Å². The summed E-state index contributed by atoms with van der Waals surface area (Å²) in [7, 11) is 0. The van der Waals surface area contributed by atoms with Crippen molar-refractivity contribution in [1.82, 2.24) is 9.97 Å². The van der Waals surface area contributed by atoms with Gasteiger partial charge < -0.3 is 10.6 Å². The Balaban J connectivity index is 1.89. The molecule has 3 rings (SSSR count). The van der Waals surface area contributed by atoms with Crippen LogP contribution in [0.1, 0.15) is 38.4 Å². The molecule has 0 aliphatic heterocycles. The third-order valence-electron chi connectivity index (χ3n) is 4.45. The summed E-state index contributed by atoms with van der Waals surface area (Å²) >= 11 is 0. The van der Waals surface area contributed by atoms with Crippen molar-refractivity contribution in [3.8, 4) is 0 Å². The first-order valence-electron chi connectivity index (χ1n) is 8.91. The van der Waals surface area contributed by atoms with Crippen LogP contribution in [-0.2, 0) is 0 Å². The number of nitrogens with one attached hydrogen (secondary N) is 2. The van der Waals surface area contributed by atoms with Crippen LogP contribution >= 0.6 is 0 Å². The SMILES string of the molecule is Cc1ccc(C)c(NC(=O)c2cc(C)nc(Nc3c(C)cccc3C)n2)c1. The smallest absolute Gasteiger partial charge is 0.274 e. The third kappa shape index (κ3) is 4.31. The number of aromatic nitrogens is 2. The van der Waals surface area contributed by atoms with Gasteiger partial charge in [0.1, 0.15) is 5.69 Å². The molecule has 0 bridgehead atoms. The van der Waals surface area contributed by atoms with Gasteiger partial charge in [0, 0.05) is 17.1 Å². The zero-order valence-electron chi connectivity index (χ0n) is 16.3. The number of aryl methyl sites for hydroxylation is 5. The first kappa shape index (κ1) is 18.6. The second-order valence-corrected chi connectivity index (χ2v) is 6.88. The van der Waals surface area contributed by atoms with Crippen LogP contribution in [0.2, 0.25) is 0 Å². The number of carbonyl (C=O) groups excluding carboxylic acids is 1. The predicted molar refractivity (Wildman–Crippen MR) is 110 cm³/mol. The van der Waals surface area contributed by atoms with E-state index in [1.54, 1.807) is 6.07 Å². The van der Waals surface area contributed by atoms with E-state index in [1.165, 1.54) is 0 Å². The Morgan fingerprint density at radius 2 is 1.56 bits per heavy atom. The molecule has 138 valence electrons. The van der Waals surface area contributed by atoms with Gasteiger partial charge in [-0.3, -0.25) is 4.79 Å². The zero-order valence-corrected chi connectivity index (χ0v) is 16.3. The zero-order chi connectivity index (χ0) is 19.6. The summed E-state index contributed by atoms with van der Waals surface area (Å²) in [4.78, 5) is 21.6. The standard InChI is InChI=1S/C22H24N4O/c1-13-9-10-14(2)18(11-13)24-21(27)19-12-17(5)23-22(25-19)26-20-15(3)7-6-8-16(20)4/h6-12H,1-5H3,(H,24,27)(H,23,25,26). The molecule has 3 aromatic rings. The second kappa shape index (κ2) is 7.58. The van der Waals surface area contributed by atoms with E-state index in [4.69, 9.17) is 0 Å². The minimum Gasteiger partial charge on any atom is -0.324 e. The Kier molecular flexibility index (Phi) is 5.21. The van der Waals surface area contributed by atoms with E-state index in [0.717, 1.165) is 39.3 Å². The minimum atomic E-state index is -0.251. The Morgan fingerprint density at radius 1 is 0.852 bits per heavy atom. The van der Waals surface area contributed by atoms with Gasteiger partial charge in [0.05, 0.1) is 0 Å². The number of carbonyl (C=O) groups is 1. The highest BCUT2D eigenvalue weighted by molar-refractivity contribution is 6.03. The van der Waals surface area contributed by atoms with E-state index in [-0.39, 0.29) is 5.91 Å². The quantitative estimate of drug-likeness (QED) is 0.686. The maximum absolute atomic E-state index is 12.7. The molecule has 0 aliphatic rings. The minimum absolute atomic E-state index is 0.251. The summed E-state index contributed by atoms with van der Waals surface area (Å²) < 4.78 is 0. The number of hydrogen-bond acceptors (Lipinski definition) is 4. The van der Waals surface area contributed by atoms with Crippen LogP contribution in [0.4, 0.5) is 17.3 Å². The summed E-state index contributed by atoms with van der Waals surface area (Å²) in [6.07, 6.45) is 0. The molecule has 0 atom stereocenters. The van der Waals surface area contributed by atoms with Crippen molar-refractivity contribution in [2.75, 3.05) is 10.6 Å². The number of para-hydroxylation sites is 1. The number of amides is 1. The van der Waals surface area contributed by atoms with E-state index in [9.17, 15) is 4.79 Å². The molecule has 0 radical (unpaired) electrons. The van der Waals surface area contributed by atoms with Gasteiger partial charge in [-0.25, -0.2) is 9.97 Å². The largest absolute Gasteiger partial charge is 0.324 e. The molecule has 2 aromatic carbocycles. The summed E-state index contributed by atoms with van der Waals surface area (Å²) in [6, 6.07) is 13.7. The summed E-state index contributed by atoms with van der Waals surface area (Å²) in [6.45, 7) is 9.87. The maximum Gasteiger partial charge on any atom is 0.274 e. The predicted octanol–water partition coefficient (Wildman–Crippen LogP) is 5.01. The normalized spacial score (nSPS) is 10.6. The van der Waals surface area contributed by atoms with Gasteiger partial charge in [0.25, 0.3) is 5.91 Å². The molecule has 5 nitrogen and oxygen atoms in total. The molecule has 5 heteroatoms. The lowest BCUT2D eigenvalue weighted by Crippen LogP contribution is -2.16. The highest BCUT2D eigenvalue weighted by Crippen LogP contribution is 2.23. The molecule has 0 saturated carbocycles. The Bertz CT molecular complexity index is 991. The Hall–Kier alpha value is -3.21. The van der Waals surface area contributed by atoms with E-state index in [1.807, 2.05) is 71.0 Å². The number of rotatable bonds is 4. The molecule has 0 aliphatic carbocycles. The molecule has 2 N–H and O–H groups in total. The van der Waals surface area contributed by atoms with Crippen molar-refractivity contribution in [2.24, 2.45) is 0 Å². The molecule has 1 amide bonds. The van der Waals surface area contributed by atoms with Gasteiger partial charge in [-0.2, -0.15) is 0 Å². The summed E-state index contributed by atoms with van der Waals surface area (Å²) in [5, 5.41) is 6.21. The molecule has 27 heavy (non-hydrogen) atoms. The van der Waals surface area contributed by atoms with E-state index in [0.29, 0.717) is 11.6 Å². The van der Waals surface area contributed by atoms with E-state index in [2.05, 4.69) is 20.6 Å². The highest BCUT2D eigenvalue weighted by Gasteiger charge is 2.13. The lowest BCUT2D eigenvalue weighted by molar-refractivity contribution is 0.102. The van der Waals surface area contributed by atoms with E-state index < -0.39 is 0 Å². The molecular formula is C22H24N4O. The topological polar surface area (TPSA) is 66.9 Å². The van der Waals surface area contributed by atoms with Gasteiger partial charge >= 0.3 is 0 Å². The number of anilines is 3. The van der Waals surface area contributed by atoms with Crippen LogP contribution in [0.3, 0.4) is 0 Å². The second-order valence-electron chi connectivity index (χ2n) is 6.88. The highest BCUT2D eigenvalue weighted by atomic mass is 16.1. The molecule has 0 unspecified atom stereocenters. The van der Waals surface area contributed by atoms with Crippen LogP contribution < -0.4 is 10.6 Å². The fraction of sp³-hybridized carbons (Fsp3) is 0.227. The lowest BCUT2D eigenvalue weighted by atomic mass is 10.1. The average molecular weight is 360 g/mol. The van der Waals surface area contributed by atoms with Crippen LogP contribution in [0, 0.1) is 34.6 Å². The van der Waals surface area contributed by atoms with Gasteiger partial charge in [-0.05, 0) is 69.0 Å². The number of hydrogen-bond donors (Lipinski definition) is 2. The Labute approximate surface area is 159 Å². The summed E-state index contributed by atoms with van der Waals surface area (Å²) in [5.41, 5.74) is 7.11. The molecular weight excluding hydrogens is 336 g/mol. The molecule has 0 saturated heterocycles. The van der Waals surface area contributed by atoms with Crippen molar-refractivity contribution in [3.05, 3.63) is 76.1 Å². The van der Waals surface area contributed by atoms with Crippen molar-refractivity contribution < 1.29 is 4.79 Å². The first-order valence-corrected chi connectivity index (χ1v) is 8.91. The monoisotopic (exact) mass is 360 g/mol. The van der Waals surface area contributed by atoms with Gasteiger partial charge in [-0.15, -0.1) is 0 Å². The molecule has 0 fully saturated rings. The van der Waals surface area contributed by atoms with Gasteiger partial charge in [0.15, 0.2) is 0 Å². The lowest BCUT2D eigenvalue weighted by Gasteiger charge is -2.13. The summed E-state index contributed by atoms with van der Waals surface area (Å²) in [5.74, 6) is 0.164. The van der Waals surface area contributed by atoms with Crippen LogP contribution in [0.15, 0.2) is 42.5 Å². The van der Waals surface area contributed by atoms with Crippen molar-refractivity contribution >= 4 is 23.2 Å². The third-order valence-corrected chi connectivity index (χ3v) is 4.45.